The molecular weight excluding hydrogens is 184 g/mol. The Morgan fingerprint density at radius 3 is 3.00 bits per heavy atom. The molecule has 0 aliphatic carbocycles. The van der Waals surface area contributed by atoms with Crippen LogP contribution in [-0.4, -0.2) is 0 Å². The lowest BCUT2D eigenvalue weighted by Gasteiger charge is -1.74. The molecule has 0 unspecified atom stereocenters. The SMILES string of the molecule is Br/C=C/c1cccs1. The lowest BCUT2D eigenvalue weighted by molar-refractivity contribution is 1.96. The molecule has 0 aliphatic heterocycles. The van der Waals surface area contributed by atoms with Crippen molar-refractivity contribution in [3.05, 3.63) is 27.4 Å². The Morgan fingerprint density at radius 1 is 1.62 bits per heavy atom. The fourth-order valence-corrected chi connectivity index (χ4v) is 1.53. The van der Waals surface area contributed by atoms with E-state index in [1.54, 1.807) is 11.3 Å². The second kappa shape index (κ2) is 3.05. The molecule has 0 spiro atoms. The van der Waals surface area contributed by atoms with E-state index in [0.29, 0.717) is 0 Å². The number of hydrogen-bond donors (Lipinski definition) is 0. The lowest BCUT2D eigenvalue weighted by Crippen LogP contribution is -1.48. The van der Waals surface area contributed by atoms with E-state index in [2.05, 4.69) is 27.4 Å². The minimum Gasteiger partial charge on any atom is -0.144 e. The van der Waals surface area contributed by atoms with Crippen molar-refractivity contribution in [3.63, 3.8) is 0 Å². The highest BCUT2D eigenvalue weighted by Crippen LogP contribution is 2.10. The van der Waals surface area contributed by atoms with Gasteiger partial charge in [0.1, 0.15) is 0 Å². The Balaban J connectivity index is 2.77. The van der Waals surface area contributed by atoms with Crippen molar-refractivity contribution in [3.8, 4) is 0 Å². The Labute approximate surface area is 61.0 Å². The molecule has 0 saturated heterocycles. The maximum absolute atomic E-state index is 3.20. The molecule has 0 N–H and O–H groups in total. The standard InChI is InChI=1S/C6H5BrS/c7-4-3-6-2-1-5-8-6/h1-5H/b4-3+. The Morgan fingerprint density at radius 2 is 2.50 bits per heavy atom. The van der Waals surface area contributed by atoms with Gasteiger partial charge in [0.25, 0.3) is 0 Å². The van der Waals surface area contributed by atoms with Gasteiger partial charge < -0.3 is 0 Å². The first-order valence-corrected chi connectivity index (χ1v) is 4.03. The highest BCUT2D eigenvalue weighted by atomic mass is 79.9. The van der Waals surface area contributed by atoms with Crippen LogP contribution in [-0.2, 0) is 0 Å². The van der Waals surface area contributed by atoms with Crippen molar-refractivity contribution in [2.75, 3.05) is 0 Å². The third-order valence-corrected chi connectivity index (χ3v) is 1.87. The molecule has 1 rings (SSSR count). The fraction of sp³-hybridized carbons (Fsp3) is 0. The third-order valence-electron chi connectivity index (χ3n) is 0.770. The first-order valence-electron chi connectivity index (χ1n) is 2.24. The molecule has 1 aromatic heterocycles. The minimum atomic E-state index is 1.28. The largest absolute Gasteiger partial charge is 0.144 e. The van der Waals surface area contributed by atoms with Crippen molar-refractivity contribution in [1.82, 2.24) is 0 Å². The molecule has 42 valence electrons. The molecule has 8 heavy (non-hydrogen) atoms. The molecule has 0 nitrogen and oxygen atoms in total. The van der Waals surface area contributed by atoms with E-state index >= 15 is 0 Å². The topological polar surface area (TPSA) is 0 Å². The van der Waals surface area contributed by atoms with Crippen LogP contribution in [0.1, 0.15) is 4.88 Å². The second-order valence-corrected chi connectivity index (χ2v) is 2.82. The maximum Gasteiger partial charge on any atom is 0.0275 e. The van der Waals surface area contributed by atoms with Crippen LogP contribution >= 0.6 is 27.3 Å². The van der Waals surface area contributed by atoms with Gasteiger partial charge in [0, 0.05) is 4.88 Å². The van der Waals surface area contributed by atoms with E-state index in [1.807, 2.05) is 17.1 Å². The van der Waals surface area contributed by atoms with E-state index < -0.39 is 0 Å². The molecule has 0 bridgehead atoms. The summed E-state index contributed by atoms with van der Waals surface area (Å²) in [5.74, 6) is 0. The van der Waals surface area contributed by atoms with Crippen LogP contribution in [0.2, 0.25) is 0 Å². The van der Waals surface area contributed by atoms with Crippen molar-refractivity contribution >= 4 is 33.3 Å². The molecule has 0 aliphatic rings. The summed E-state index contributed by atoms with van der Waals surface area (Å²) < 4.78 is 0. The first-order chi connectivity index (χ1) is 3.93. The Bertz CT molecular complexity index is 165. The first kappa shape index (κ1) is 6.05. The van der Waals surface area contributed by atoms with Crippen molar-refractivity contribution in [2.45, 2.75) is 0 Å². The number of hydrogen-bond acceptors (Lipinski definition) is 1. The van der Waals surface area contributed by atoms with E-state index in [1.165, 1.54) is 4.88 Å². The zero-order valence-corrected chi connectivity index (χ0v) is 6.58. The molecule has 0 atom stereocenters. The van der Waals surface area contributed by atoms with Crippen LogP contribution in [0.4, 0.5) is 0 Å². The summed E-state index contributed by atoms with van der Waals surface area (Å²) in [4.78, 5) is 3.14. The summed E-state index contributed by atoms with van der Waals surface area (Å²) in [7, 11) is 0. The number of thiophene rings is 1. The van der Waals surface area contributed by atoms with Gasteiger partial charge in [0.15, 0.2) is 0 Å². The van der Waals surface area contributed by atoms with Gasteiger partial charge in [0.2, 0.25) is 0 Å². The van der Waals surface area contributed by atoms with E-state index in [-0.39, 0.29) is 0 Å². The monoisotopic (exact) mass is 188 g/mol. The molecule has 0 saturated carbocycles. The summed E-state index contributed by atoms with van der Waals surface area (Å²) in [5, 5.41) is 2.06. The van der Waals surface area contributed by atoms with Crippen molar-refractivity contribution in [1.29, 1.82) is 0 Å². The smallest absolute Gasteiger partial charge is 0.0275 e. The highest BCUT2D eigenvalue weighted by Gasteiger charge is 1.80. The van der Waals surface area contributed by atoms with Gasteiger partial charge in [-0.1, -0.05) is 22.0 Å². The van der Waals surface area contributed by atoms with Crippen LogP contribution in [0.3, 0.4) is 0 Å². The van der Waals surface area contributed by atoms with Crippen molar-refractivity contribution in [2.24, 2.45) is 0 Å². The zero-order valence-electron chi connectivity index (χ0n) is 4.17. The summed E-state index contributed by atoms with van der Waals surface area (Å²) >= 11 is 4.93. The summed E-state index contributed by atoms with van der Waals surface area (Å²) in [6.45, 7) is 0. The third kappa shape index (κ3) is 1.46. The van der Waals surface area contributed by atoms with E-state index in [4.69, 9.17) is 0 Å². The van der Waals surface area contributed by atoms with Crippen molar-refractivity contribution < 1.29 is 0 Å². The van der Waals surface area contributed by atoms with E-state index in [9.17, 15) is 0 Å². The molecule has 1 aromatic rings. The van der Waals surface area contributed by atoms with Gasteiger partial charge in [-0.25, -0.2) is 0 Å². The van der Waals surface area contributed by atoms with Crippen LogP contribution in [0.25, 0.3) is 6.08 Å². The molecule has 0 fully saturated rings. The molecule has 0 radical (unpaired) electrons. The lowest BCUT2D eigenvalue weighted by atomic mass is 10.5. The molecule has 1 heterocycles. The van der Waals surface area contributed by atoms with Crippen LogP contribution < -0.4 is 0 Å². The predicted molar refractivity (Wildman–Crippen MR) is 42.3 cm³/mol. The van der Waals surface area contributed by atoms with Crippen LogP contribution in [0.15, 0.2) is 22.5 Å². The average molecular weight is 189 g/mol. The van der Waals surface area contributed by atoms with Gasteiger partial charge in [-0.3, -0.25) is 0 Å². The summed E-state index contributed by atoms with van der Waals surface area (Å²) in [6, 6.07) is 4.11. The molecule has 2 heteroatoms. The van der Waals surface area contributed by atoms with Gasteiger partial charge in [0.05, 0.1) is 0 Å². The van der Waals surface area contributed by atoms with Gasteiger partial charge in [-0.15, -0.1) is 11.3 Å². The van der Waals surface area contributed by atoms with Gasteiger partial charge in [-0.05, 0) is 22.5 Å². The van der Waals surface area contributed by atoms with Crippen LogP contribution in [0, 0.1) is 0 Å². The minimum absolute atomic E-state index is 1.28. The van der Waals surface area contributed by atoms with Gasteiger partial charge in [-0.2, -0.15) is 0 Å². The quantitative estimate of drug-likeness (QED) is 0.636. The average Bonchev–Trinajstić information content (AvgIpc) is 2.19. The molecule has 0 amide bonds. The predicted octanol–water partition coefficient (Wildman–Crippen LogP) is 3.11. The highest BCUT2D eigenvalue weighted by molar-refractivity contribution is 9.11. The Kier molecular flexibility index (Phi) is 2.30. The fourth-order valence-electron chi connectivity index (χ4n) is 0.448. The summed E-state index contributed by atoms with van der Waals surface area (Å²) in [5.41, 5.74) is 0. The zero-order chi connectivity index (χ0) is 5.82. The second-order valence-electron chi connectivity index (χ2n) is 1.31. The maximum atomic E-state index is 3.20. The van der Waals surface area contributed by atoms with Crippen LogP contribution in [0.5, 0.6) is 0 Å². The van der Waals surface area contributed by atoms with Gasteiger partial charge >= 0.3 is 0 Å². The Hall–Kier alpha value is -0.0800. The molecular formula is C6H5BrS. The molecule has 0 aromatic carbocycles. The van der Waals surface area contributed by atoms with E-state index in [0.717, 1.165) is 0 Å². The normalized spacial score (nSPS) is 10.6. The number of rotatable bonds is 1. The number of halogens is 1. The summed E-state index contributed by atoms with van der Waals surface area (Å²) in [6.07, 6.45) is 2.02.